The second-order valence-electron chi connectivity index (χ2n) is 3.22. The number of hydrogen-bond donors (Lipinski definition) is 2. The summed E-state index contributed by atoms with van der Waals surface area (Å²) < 4.78 is 0. The zero-order valence-electron chi connectivity index (χ0n) is 8.76. The molecule has 0 aliphatic rings. The first kappa shape index (κ1) is 11.2. The quantitative estimate of drug-likeness (QED) is 0.751. The molecule has 1 heterocycles. The van der Waals surface area contributed by atoms with E-state index in [1.165, 1.54) is 9.75 Å². The lowest BCUT2D eigenvalue weighted by Crippen LogP contribution is -2.38. The largest absolute Gasteiger partial charge is 0.291 e. The molecule has 1 rings (SSSR count). The number of carbonyl (C=O) groups excluding carboxylic acids is 1. The van der Waals surface area contributed by atoms with Crippen LogP contribution in [0.1, 0.15) is 36.1 Å². The maximum atomic E-state index is 11.0. The first-order valence-corrected chi connectivity index (χ1v) is 5.55. The molecule has 2 N–H and O–H groups in total. The Kier molecular flexibility index (Phi) is 4.10. The minimum Gasteiger partial charge on any atom is -0.291 e. The molecule has 14 heavy (non-hydrogen) atoms. The van der Waals surface area contributed by atoms with E-state index in [4.69, 9.17) is 0 Å². The maximum Gasteiger partial charge on any atom is 0.233 e. The molecule has 0 aliphatic carbocycles. The van der Waals surface area contributed by atoms with Crippen LogP contribution >= 0.6 is 11.3 Å². The highest BCUT2D eigenvalue weighted by Crippen LogP contribution is 2.21. The SMILES string of the molecule is CCC(=O)NNC(C)c1ccc(C)s1. The van der Waals surface area contributed by atoms with Crippen LogP contribution in [0.15, 0.2) is 12.1 Å². The number of nitrogens with one attached hydrogen (secondary N) is 2. The lowest BCUT2D eigenvalue weighted by Gasteiger charge is -2.12. The molecule has 0 saturated heterocycles. The van der Waals surface area contributed by atoms with Crippen molar-refractivity contribution in [2.24, 2.45) is 0 Å². The van der Waals surface area contributed by atoms with Gasteiger partial charge < -0.3 is 0 Å². The summed E-state index contributed by atoms with van der Waals surface area (Å²) in [6.07, 6.45) is 0.503. The van der Waals surface area contributed by atoms with Crippen molar-refractivity contribution in [1.29, 1.82) is 0 Å². The standard InChI is InChI=1S/C10H16N2OS/c1-4-10(13)12-11-8(3)9-6-5-7(2)14-9/h5-6,8,11H,4H2,1-3H3,(H,12,13). The van der Waals surface area contributed by atoms with Gasteiger partial charge in [-0.05, 0) is 26.0 Å². The summed E-state index contributed by atoms with van der Waals surface area (Å²) in [5.74, 6) is 0.0186. The van der Waals surface area contributed by atoms with E-state index >= 15 is 0 Å². The van der Waals surface area contributed by atoms with Crippen LogP contribution in [0.2, 0.25) is 0 Å². The van der Waals surface area contributed by atoms with E-state index in [-0.39, 0.29) is 11.9 Å². The van der Waals surface area contributed by atoms with E-state index in [0.29, 0.717) is 6.42 Å². The highest BCUT2D eigenvalue weighted by atomic mass is 32.1. The van der Waals surface area contributed by atoms with Gasteiger partial charge in [0.05, 0.1) is 6.04 Å². The van der Waals surface area contributed by atoms with Crippen molar-refractivity contribution in [2.75, 3.05) is 0 Å². The number of thiophene rings is 1. The molecule has 1 unspecified atom stereocenters. The molecule has 1 amide bonds. The number of aryl methyl sites for hydroxylation is 1. The van der Waals surface area contributed by atoms with Crippen LogP contribution in [0.5, 0.6) is 0 Å². The van der Waals surface area contributed by atoms with Gasteiger partial charge in [-0.15, -0.1) is 11.3 Å². The molecular formula is C10H16N2OS. The maximum absolute atomic E-state index is 11.0. The molecule has 0 aromatic carbocycles. The molecule has 1 atom stereocenters. The Labute approximate surface area is 88.5 Å². The molecule has 0 aliphatic heterocycles. The van der Waals surface area contributed by atoms with Crippen LogP contribution in [-0.4, -0.2) is 5.91 Å². The molecule has 3 nitrogen and oxygen atoms in total. The van der Waals surface area contributed by atoms with Gasteiger partial charge in [-0.3, -0.25) is 10.2 Å². The predicted octanol–water partition coefficient (Wildman–Crippen LogP) is 2.15. The fourth-order valence-electron chi connectivity index (χ4n) is 1.03. The third kappa shape index (κ3) is 3.12. The van der Waals surface area contributed by atoms with E-state index in [0.717, 1.165) is 0 Å². The van der Waals surface area contributed by atoms with Gasteiger partial charge in [-0.25, -0.2) is 5.43 Å². The third-order valence-corrected chi connectivity index (χ3v) is 3.12. The highest BCUT2D eigenvalue weighted by molar-refractivity contribution is 7.12. The molecule has 0 spiro atoms. The molecular weight excluding hydrogens is 196 g/mol. The number of rotatable bonds is 4. The number of carbonyl (C=O) groups is 1. The molecule has 1 aromatic heterocycles. The van der Waals surface area contributed by atoms with E-state index < -0.39 is 0 Å². The average molecular weight is 212 g/mol. The fraction of sp³-hybridized carbons (Fsp3) is 0.500. The Hall–Kier alpha value is -0.870. The van der Waals surface area contributed by atoms with Crippen LogP contribution in [0, 0.1) is 6.92 Å². The molecule has 0 saturated carbocycles. The minimum atomic E-state index is 0.0186. The topological polar surface area (TPSA) is 41.1 Å². The predicted molar refractivity (Wildman–Crippen MR) is 59.0 cm³/mol. The highest BCUT2D eigenvalue weighted by Gasteiger charge is 2.07. The number of amides is 1. The van der Waals surface area contributed by atoms with Crippen LogP contribution in [0.3, 0.4) is 0 Å². The smallest absolute Gasteiger partial charge is 0.233 e. The lowest BCUT2D eigenvalue weighted by atomic mass is 10.3. The van der Waals surface area contributed by atoms with Crippen LogP contribution in [-0.2, 0) is 4.79 Å². The second-order valence-corrected chi connectivity index (χ2v) is 4.54. The van der Waals surface area contributed by atoms with Crippen LogP contribution in [0.25, 0.3) is 0 Å². The first-order chi connectivity index (χ1) is 6.63. The normalized spacial score (nSPS) is 12.5. The summed E-state index contributed by atoms with van der Waals surface area (Å²) >= 11 is 1.74. The van der Waals surface area contributed by atoms with E-state index in [2.05, 4.69) is 29.9 Å². The number of hydrogen-bond acceptors (Lipinski definition) is 3. The fourth-order valence-corrected chi connectivity index (χ4v) is 1.91. The average Bonchev–Trinajstić information content (AvgIpc) is 2.60. The summed E-state index contributed by atoms with van der Waals surface area (Å²) in [5.41, 5.74) is 5.63. The first-order valence-electron chi connectivity index (χ1n) is 4.74. The molecule has 0 fully saturated rings. The summed E-state index contributed by atoms with van der Waals surface area (Å²) in [4.78, 5) is 13.5. The van der Waals surface area contributed by atoms with Crippen molar-refractivity contribution in [3.8, 4) is 0 Å². The summed E-state index contributed by atoms with van der Waals surface area (Å²) in [7, 11) is 0. The Bertz CT molecular complexity index is 309. The van der Waals surface area contributed by atoms with Crippen LogP contribution < -0.4 is 10.9 Å². The number of hydrazine groups is 1. The van der Waals surface area contributed by atoms with Crippen molar-refractivity contribution >= 4 is 17.2 Å². The van der Waals surface area contributed by atoms with Gasteiger partial charge in [0.15, 0.2) is 0 Å². The van der Waals surface area contributed by atoms with Crippen molar-refractivity contribution in [1.82, 2.24) is 10.9 Å². The van der Waals surface area contributed by atoms with Crippen molar-refractivity contribution in [3.05, 3.63) is 21.9 Å². The van der Waals surface area contributed by atoms with Gasteiger partial charge in [0.2, 0.25) is 5.91 Å². The summed E-state index contributed by atoms with van der Waals surface area (Å²) in [6.45, 7) is 5.93. The van der Waals surface area contributed by atoms with Gasteiger partial charge in [-0.2, -0.15) is 0 Å². The van der Waals surface area contributed by atoms with Gasteiger partial charge in [0, 0.05) is 16.2 Å². The lowest BCUT2D eigenvalue weighted by molar-refractivity contribution is -0.121. The molecule has 1 aromatic rings. The van der Waals surface area contributed by atoms with Crippen LogP contribution in [0.4, 0.5) is 0 Å². The van der Waals surface area contributed by atoms with Gasteiger partial charge in [0.25, 0.3) is 0 Å². The Balaban J connectivity index is 2.42. The molecule has 78 valence electrons. The molecule has 0 radical (unpaired) electrons. The van der Waals surface area contributed by atoms with Gasteiger partial charge in [-0.1, -0.05) is 6.92 Å². The zero-order chi connectivity index (χ0) is 10.6. The third-order valence-electron chi connectivity index (χ3n) is 1.94. The summed E-state index contributed by atoms with van der Waals surface area (Å²) in [6, 6.07) is 4.33. The zero-order valence-corrected chi connectivity index (χ0v) is 9.57. The van der Waals surface area contributed by atoms with Gasteiger partial charge >= 0.3 is 0 Å². The van der Waals surface area contributed by atoms with Crippen molar-refractivity contribution < 1.29 is 4.79 Å². The summed E-state index contributed by atoms with van der Waals surface area (Å²) in [5, 5.41) is 0. The minimum absolute atomic E-state index is 0.0186. The Morgan fingerprint density at radius 1 is 1.57 bits per heavy atom. The Morgan fingerprint density at radius 3 is 2.79 bits per heavy atom. The van der Waals surface area contributed by atoms with Crippen molar-refractivity contribution in [3.63, 3.8) is 0 Å². The van der Waals surface area contributed by atoms with Gasteiger partial charge in [0.1, 0.15) is 0 Å². The van der Waals surface area contributed by atoms with Crippen molar-refractivity contribution in [2.45, 2.75) is 33.2 Å². The molecule has 4 heteroatoms. The molecule has 0 bridgehead atoms. The monoisotopic (exact) mass is 212 g/mol. The van der Waals surface area contributed by atoms with E-state index in [1.54, 1.807) is 11.3 Å². The van der Waals surface area contributed by atoms with E-state index in [1.807, 2.05) is 13.8 Å². The second kappa shape index (κ2) is 5.12. The Morgan fingerprint density at radius 2 is 2.29 bits per heavy atom. The van der Waals surface area contributed by atoms with E-state index in [9.17, 15) is 4.79 Å².